The molecule has 4 nitrogen and oxygen atoms in total. The van der Waals surface area contributed by atoms with E-state index >= 15 is 0 Å². The average molecular weight is 348 g/mol. The van der Waals surface area contributed by atoms with Crippen LogP contribution in [0.2, 0.25) is 0 Å². The van der Waals surface area contributed by atoms with Gasteiger partial charge >= 0.3 is 0 Å². The predicted octanol–water partition coefficient (Wildman–Crippen LogP) is 5.68. The predicted molar refractivity (Wildman–Crippen MR) is 104 cm³/mol. The van der Waals surface area contributed by atoms with Crippen molar-refractivity contribution < 1.29 is 9.59 Å². The van der Waals surface area contributed by atoms with Crippen molar-refractivity contribution in [1.82, 2.24) is 0 Å². The minimum Gasteiger partial charge on any atom is -0.211 e. The van der Waals surface area contributed by atoms with E-state index in [0.717, 1.165) is 36.8 Å². The lowest BCUT2D eigenvalue weighted by Gasteiger charge is -2.22. The normalized spacial score (nSPS) is 11.3. The van der Waals surface area contributed by atoms with Crippen LogP contribution in [0, 0.1) is 0 Å². The fraction of sp³-hybridized carbons (Fsp3) is 0.364. The SMILES string of the molecule is CCCc1ccccc1C(C)c1c(CCC)cc(N=C=O)cc1N=C=O. The Balaban J connectivity index is 2.69. The number of carbonyl (C=O) groups excluding carboxylic acids is 2. The summed E-state index contributed by atoms with van der Waals surface area (Å²) in [6.07, 6.45) is 7.04. The number of benzene rings is 2. The third-order valence-electron chi connectivity index (χ3n) is 4.56. The third-order valence-corrected chi connectivity index (χ3v) is 4.56. The molecule has 0 saturated heterocycles. The van der Waals surface area contributed by atoms with E-state index in [-0.39, 0.29) is 5.92 Å². The zero-order valence-corrected chi connectivity index (χ0v) is 15.6. The number of isocyanates is 2. The molecule has 0 N–H and O–H groups in total. The van der Waals surface area contributed by atoms with Gasteiger partial charge < -0.3 is 0 Å². The molecule has 0 spiro atoms. The lowest BCUT2D eigenvalue weighted by molar-refractivity contribution is 0.564. The highest BCUT2D eigenvalue weighted by Gasteiger charge is 2.20. The minimum absolute atomic E-state index is 0.0701. The minimum atomic E-state index is 0.0701. The van der Waals surface area contributed by atoms with Crippen molar-refractivity contribution in [2.45, 2.75) is 52.4 Å². The van der Waals surface area contributed by atoms with E-state index in [0.29, 0.717) is 11.4 Å². The molecule has 1 atom stereocenters. The molecule has 0 aromatic heterocycles. The average Bonchev–Trinajstić information content (AvgIpc) is 2.63. The second-order valence-electron chi connectivity index (χ2n) is 6.36. The highest BCUT2D eigenvalue weighted by Crippen LogP contribution is 2.39. The van der Waals surface area contributed by atoms with Gasteiger partial charge in [-0.25, -0.2) is 9.59 Å². The fourth-order valence-electron chi connectivity index (χ4n) is 3.52. The Morgan fingerprint density at radius 1 is 0.923 bits per heavy atom. The first-order chi connectivity index (χ1) is 12.7. The second-order valence-corrected chi connectivity index (χ2v) is 6.36. The molecule has 0 amide bonds. The van der Waals surface area contributed by atoms with Gasteiger partial charge in [0, 0.05) is 5.92 Å². The Morgan fingerprint density at radius 3 is 2.23 bits per heavy atom. The van der Waals surface area contributed by atoms with Crippen LogP contribution in [-0.2, 0) is 22.4 Å². The highest BCUT2D eigenvalue weighted by atomic mass is 16.1. The van der Waals surface area contributed by atoms with Crippen LogP contribution in [0.3, 0.4) is 0 Å². The van der Waals surface area contributed by atoms with Crippen LogP contribution in [0.1, 0.15) is 61.8 Å². The van der Waals surface area contributed by atoms with E-state index < -0.39 is 0 Å². The molecule has 0 aliphatic rings. The Kier molecular flexibility index (Phi) is 7.23. The lowest BCUT2D eigenvalue weighted by atomic mass is 9.83. The molecule has 2 aromatic rings. The molecular weight excluding hydrogens is 324 g/mol. The summed E-state index contributed by atoms with van der Waals surface area (Å²) in [6, 6.07) is 11.9. The summed E-state index contributed by atoms with van der Waals surface area (Å²) in [4.78, 5) is 29.3. The van der Waals surface area contributed by atoms with Crippen molar-refractivity contribution >= 4 is 23.5 Å². The lowest BCUT2D eigenvalue weighted by Crippen LogP contribution is -2.05. The molecule has 2 aromatic carbocycles. The monoisotopic (exact) mass is 348 g/mol. The van der Waals surface area contributed by atoms with Crippen LogP contribution in [0.4, 0.5) is 11.4 Å². The van der Waals surface area contributed by atoms with Crippen LogP contribution < -0.4 is 0 Å². The Hall–Kier alpha value is -2.80. The number of hydrogen-bond acceptors (Lipinski definition) is 4. The van der Waals surface area contributed by atoms with Gasteiger partial charge in [-0.2, -0.15) is 9.98 Å². The van der Waals surface area contributed by atoms with Crippen LogP contribution >= 0.6 is 0 Å². The first kappa shape index (κ1) is 19.5. The molecule has 0 saturated carbocycles. The summed E-state index contributed by atoms with van der Waals surface area (Å²) >= 11 is 0. The van der Waals surface area contributed by atoms with Gasteiger partial charge in [0.05, 0.1) is 11.4 Å². The van der Waals surface area contributed by atoms with E-state index in [9.17, 15) is 9.59 Å². The quantitative estimate of drug-likeness (QED) is 0.455. The van der Waals surface area contributed by atoms with Crippen molar-refractivity contribution in [2.75, 3.05) is 0 Å². The first-order valence-electron chi connectivity index (χ1n) is 9.06. The molecule has 0 bridgehead atoms. The highest BCUT2D eigenvalue weighted by molar-refractivity contribution is 5.67. The van der Waals surface area contributed by atoms with Gasteiger partial charge in [-0.3, -0.25) is 0 Å². The molecule has 0 aliphatic carbocycles. The van der Waals surface area contributed by atoms with Crippen molar-refractivity contribution in [3.63, 3.8) is 0 Å². The van der Waals surface area contributed by atoms with Crippen LogP contribution in [0.5, 0.6) is 0 Å². The summed E-state index contributed by atoms with van der Waals surface area (Å²) in [6.45, 7) is 6.39. The molecule has 0 radical (unpaired) electrons. The molecule has 1 unspecified atom stereocenters. The molecule has 2 rings (SSSR count). The Morgan fingerprint density at radius 2 is 1.58 bits per heavy atom. The van der Waals surface area contributed by atoms with Gasteiger partial charge in [0.1, 0.15) is 0 Å². The van der Waals surface area contributed by atoms with E-state index in [1.165, 1.54) is 11.1 Å². The maximum Gasteiger partial charge on any atom is 0.240 e. The zero-order valence-electron chi connectivity index (χ0n) is 15.6. The summed E-state index contributed by atoms with van der Waals surface area (Å²) in [5.74, 6) is 0.0701. The molecule has 134 valence electrons. The van der Waals surface area contributed by atoms with Crippen LogP contribution in [-0.4, -0.2) is 12.2 Å². The van der Waals surface area contributed by atoms with E-state index in [2.05, 4.69) is 49.0 Å². The number of aliphatic imine (C=N–C) groups is 2. The molecule has 0 aliphatic heterocycles. The summed E-state index contributed by atoms with van der Waals surface area (Å²) < 4.78 is 0. The van der Waals surface area contributed by atoms with Crippen molar-refractivity contribution in [1.29, 1.82) is 0 Å². The largest absolute Gasteiger partial charge is 0.240 e. The zero-order chi connectivity index (χ0) is 18.9. The number of hydrogen-bond donors (Lipinski definition) is 0. The maximum atomic E-state index is 11.0. The number of aryl methyl sites for hydroxylation is 2. The van der Waals surface area contributed by atoms with E-state index in [4.69, 9.17) is 0 Å². The summed E-state index contributed by atoms with van der Waals surface area (Å²) in [7, 11) is 0. The van der Waals surface area contributed by atoms with Gasteiger partial charge in [0.25, 0.3) is 0 Å². The summed E-state index contributed by atoms with van der Waals surface area (Å²) in [5, 5.41) is 0. The number of nitrogens with zero attached hydrogens (tertiary/aromatic N) is 2. The molecule has 4 heteroatoms. The van der Waals surface area contributed by atoms with Crippen LogP contribution in [0.25, 0.3) is 0 Å². The maximum absolute atomic E-state index is 11.0. The van der Waals surface area contributed by atoms with Crippen molar-refractivity contribution in [2.24, 2.45) is 9.98 Å². The second kappa shape index (κ2) is 9.62. The first-order valence-corrected chi connectivity index (χ1v) is 9.06. The van der Waals surface area contributed by atoms with Crippen molar-refractivity contribution in [3.8, 4) is 0 Å². The topological polar surface area (TPSA) is 58.9 Å². The smallest absolute Gasteiger partial charge is 0.211 e. The van der Waals surface area contributed by atoms with Crippen LogP contribution in [0.15, 0.2) is 46.4 Å². The fourth-order valence-corrected chi connectivity index (χ4v) is 3.52. The summed E-state index contributed by atoms with van der Waals surface area (Å²) in [5.41, 5.74) is 5.59. The molecule has 0 heterocycles. The van der Waals surface area contributed by atoms with E-state index in [1.807, 2.05) is 12.1 Å². The van der Waals surface area contributed by atoms with Gasteiger partial charge in [-0.05, 0) is 47.2 Å². The molecular formula is C22H24N2O2. The Bertz CT molecular complexity index is 860. The van der Waals surface area contributed by atoms with E-state index in [1.54, 1.807) is 18.2 Å². The Labute approximate surface area is 154 Å². The third kappa shape index (κ3) is 4.43. The molecule has 26 heavy (non-hydrogen) atoms. The standard InChI is InChI=1S/C22H24N2O2/c1-4-8-17-10-6-7-11-20(17)16(3)22-18(9-5-2)12-19(23-14-25)13-21(22)24-15-26/h6-7,10-13,16H,4-5,8-9H2,1-3H3. The number of rotatable bonds is 8. The van der Waals surface area contributed by atoms with Gasteiger partial charge in [0.2, 0.25) is 12.2 Å². The van der Waals surface area contributed by atoms with Gasteiger partial charge in [-0.1, -0.05) is 57.9 Å². The van der Waals surface area contributed by atoms with Crippen molar-refractivity contribution in [3.05, 3.63) is 58.7 Å². The van der Waals surface area contributed by atoms with Gasteiger partial charge in [0.15, 0.2) is 0 Å². The van der Waals surface area contributed by atoms with Gasteiger partial charge in [-0.15, -0.1) is 0 Å². The molecule has 0 fully saturated rings.